The zero-order valence-electron chi connectivity index (χ0n) is 16.5. The van der Waals surface area contributed by atoms with Gasteiger partial charge in [0.05, 0.1) is 11.3 Å². The number of hydrogen-bond acceptors (Lipinski definition) is 4. The fourth-order valence-electron chi connectivity index (χ4n) is 3.47. The fourth-order valence-corrected chi connectivity index (χ4v) is 3.47. The molecule has 0 bridgehead atoms. The monoisotopic (exact) mass is 436 g/mol. The van der Waals surface area contributed by atoms with Crippen LogP contribution in [-0.4, -0.2) is 46.4 Å². The number of hydrogen-bond donors (Lipinski definition) is 1. The van der Waals surface area contributed by atoms with Crippen LogP contribution in [0.3, 0.4) is 0 Å². The van der Waals surface area contributed by atoms with Crippen molar-refractivity contribution in [2.24, 2.45) is 0 Å². The second-order valence-corrected chi connectivity index (χ2v) is 7.05. The smallest absolute Gasteiger partial charge is 0.257 e. The molecule has 1 aliphatic rings. The van der Waals surface area contributed by atoms with E-state index in [0.717, 1.165) is 30.9 Å². The minimum atomic E-state index is -0.00933. The molecule has 29 heavy (non-hydrogen) atoms. The predicted octanol–water partition coefficient (Wildman–Crippen LogP) is 3.50. The molecule has 1 aromatic carbocycles. The second kappa shape index (κ2) is 9.96. The highest BCUT2D eigenvalue weighted by atomic mass is 35.5. The molecule has 1 amide bonds. The predicted molar refractivity (Wildman–Crippen MR) is 119 cm³/mol. The number of carbonyl (C=O) groups excluding carboxylic acids is 1. The summed E-state index contributed by atoms with van der Waals surface area (Å²) in [4.78, 5) is 19.3. The molecule has 0 radical (unpaired) electrons. The highest BCUT2D eigenvalue weighted by molar-refractivity contribution is 5.97. The number of aryl methyl sites for hydroxylation is 1. The van der Waals surface area contributed by atoms with Crippen molar-refractivity contribution in [3.63, 3.8) is 0 Å². The third-order valence-corrected chi connectivity index (χ3v) is 5.04. The number of para-hydroxylation sites is 1. The number of pyridine rings is 1. The van der Waals surface area contributed by atoms with Gasteiger partial charge < -0.3 is 19.4 Å². The zero-order chi connectivity index (χ0) is 18.8. The first-order valence-corrected chi connectivity index (χ1v) is 9.26. The maximum Gasteiger partial charge on any atom is 0.257 e. The van der Waals surface area contributed by atoms with Gasteiger partial charge >= 0.3 is 0 Å². The topological polar surface area (TPSA) is 58.9 Å². The standard InChI is InChI=1S/C21H24N4O2.2ClH/c1-15-7-8-20-23-16(13-25(20)12-15)14-27-19-6-4-3-5-18(19)21(26)24(2)17-9-10-22-11-17;;/h3-8,12-13,17,22H,9-11,14H2,1-2H3;2*1H. The molecule has 8 heteroatoms. The molecule has 1 saturated heterocycles. The molecule has 3 aromatic rings. The lowest BCUT2D eigenvalue weighted by Crippen LogP contribution is -2.38. The minimum Gasteiger partial charge on any atom is -0.486 e. The van der Waals surface area contributed by atoms with Crippen LogP contribution in [0.2, 0.25) is 0 Å². The fraction of sp³-hybridized carbons (Fsp3) is 0.333. The van der Waals surface area contributed by atoms with E-state index in [1.54, 1.807) is 0 Å². The van der Waals surface area contributed by atoms with Crippen LogP contribution in [0, 0.1) is 6.92 Å². The van der Waals surface area contributed by atoms with Crippen LogP contribution in [0.15, 0.2) is 48.8 Å². The van der Waals surface area contributed by atoms with Gasteiger partial charge in [-0.05, 0) is 43.7 Å². The van der Waals surface area contributed by atoms with E-state index < -0.39 is 0 Å². The average molecular weight is 437 g/mol. The Hall–Kier alpha value is -2.28. The molecule has 3 heterocycles. The van der Waals surface area contributed by atoms with Gasteiger partial charge in [0.1, 0.15) is 18.0 Å². The number of likely N-dealkylation sites (N-methyl/N-ethyl adjacent to an activating group) is 1. The van der Waals surface area contributed by atoms with Gasteiger partial charge in [-0.25, -0.2) is 4.98 Å². The minimum absolute atomic E-state index is 0. The molecule has 4 rings (SSSR count). The number of amides is 1. The van der Waals surface area contributed by atoms with Crippen LogP contribution >= 0.6 is 24.8 Å². The van der Waals surface area contributed by atoms with E-state index in [4.69, 9.17) is 4.74 Å². The van der Waals surface area contributed by atoms with Crippen molar-refractivity contribution in [3.8, 4) is 5.75 Å². The number of benzene rings is 1. The van der Waals surface area contributed by atoms with E-state index in [1.807, 2.05) is 72.1 Å². The maximum absolute atomic E-state index is 12.9. The Kier molecular flexibility index (Phi) is 7.90. The Labute approximate surface area is 183 Å². The number of halogens is 2. The van der Waals surface area contributed by atoms with E-state index >= 15 is 0 Å². The normalized spacial score (nSPS) is 15.4. The highest BCUT2D eigenvalue weighted by Crippen LogP contribution is 2.22. The van der Waals surface area contributed by atoms with E-state index in [1.165, 1.54) is 5.56 Å². The van der Waals surface area contributed by atoms with E-state index in [-0.39, 0.29) is 36.8 Å². The summed E-state index contributed by atoms with van der Waals surface area (Å²) in [5.74, 6) is 0.582. The van der Waals surface area contributed by atoms with Gasteiger partial charge in [0.25, 0.3) is 5.91 Å². The summed E-state index contributed by atoms with van der Waals surface area (Å²) >= 11 is 0. The number of nitrogens with one attached hydrogen (secondary N) is 1. The van der Waals surface area contributed by atoms with Gasteiger partial charge in [-0.2, -0.15) is 0 Å². The Bertz CT molecular complexity index is 970. The summed E-state index contributed by atoms with van der Waals surface area (Å²) in [5.41, 5.74) is 3.48. The summed E-state index contributed by atoms with van der Waals surface area (Å²) < 4.78 is 7.97. The molecule has 2 aromatic heterocycles. The third-order valence-electron chi connectivity index (χ3n) is 5.04. The number of imidazole rings is 1. The second-order valence-electron chi connectivity index (χ2n) is 7.05. The lowest BCUT2D eigenvalue weighted by molar-refractivity contribution is 0.0739. The van der Waals surface area contributed by atoms with Crippen LogP contribution in [0.4, 0.5) is 0 Å². The summed E-state index contributed by atoms with van der Waals surface area (Å²) in [5, 5.41) is 3.30. The molecule has 6 nitrogen and oxygen atoms in total. The van der Waals surface area contributed by atoms with E-state index in [9.17, 15) is 4.79 Å². The molecule has 1 fully saturated rings. The van der Waals surface area contributed by atoms with Gasteiger partial charge in [-0.1, -0.05) is 18.2 Å². The molecule has 0 spiro atoms. The van der Waals surface area contributed by atoms with E-state index in [2.05, 4.69) is 10.3 Å². The number of ether oxygens (including phenoxy) is 1. The first-order valence-electron chi connectivity index (χ1n) is 9.26. The molecular weight excluding hydrogens is 411 g/mol. The van der Waals surface area contributed by atoms with Crippen LogP contribution in [0.1, 0.15) is 28.0 Å². The molecular formula is C21H26Cl2N4O2. The molecule has 0 aliphatic carbocycles. The van der Waals surface area contributed by atoms with Crippen LogP contribution in [0.5, 0.6) is 5.75 Å². The van der Waals surface area contributed by atoms with Crippen molar-refractivity contribution in [1.82, 2.24) is 19.6 Å². The molecule has 1 aliphatic heterocycles. The first kappa shape index (κ1) is 23.0. The van der Waals surface area contributed by atoms with Crippen molar-refractivity contribution in [2.75, 3.05) is 20.1 Å². The molecule has 1 atom stereocenters. The highest BCUT2D eigenvalue weighted by Gasteiger charge is 2.25. The SMILES string of the molecule is Cc1ccc2nc(COc3ccccc3C(=O)N(C)C3CCNC3)cn2c1.Cl.Cl. The van der Waals surface area contributed by atoms with Crippen molar-refractivity contribution >= 4 is 36.4 Å². The largest absolute Gasteiger partial charge is 0.486 e. The lowest BCUT2D eigenvalue weighted by Gasteiger charge is -2.24. The quantitative estimate of drug-likeness (QED) is 0.664. The molecule has 1 N–H and O–H groups in total. The van der Waals surface area contributed by atoms with Crippen molar-refractivity contribution in [1.29, 1.82) is 0 Å². The van der Waals surface area contributed by atoms with Crippen molar-refractivity contribution in [3.05, 3.63) is 65.6 Å². The van der Waals surface area contributed by atoms with Gasteiger partial charge in [-0.15, -0.1) is 24.8 Å². The summed E-state index contributed by atoms with van der Waals surface area (Å²) in [6, 6.07) is 11.7. The number of rotatable bonds is 5. The number of fused-ring (bicyclic) bond motifs is 1. The first-order chi connectivity index (χ1) is 13.1. The Morgan fingerprint density at radius 1 is 1.24 bits per heavy atom. The zero-order valence-corrected chi connectivity index (χ0v) is 18.1. The third kappa shape index (κ3) is 5.01. The molecule has 156 valence electrons. The maximum atomic E-state index is 12.9. The van der Waals surface area contributed by atoms with Gasteiger partial charge in [0.2, 0.25) is 0 Å². The number of nitrogens with zero attached hydrogens (tertiary/aromatic N) is 3. The lowest BCUT2D eigenvalue weighted by atomic mass is 10.1. The summed E-state index contributed by atoms with van der Waals surface area (Å²) in [6.45, 7) is 4.16. The van der Waals surface area contributed by atoms with Gasteiger partial charge in [-0.3, -0.25) is 4.79 Å². The summed E-state index contributed by atoms with van der Waals surface area (Å²) in [7, 11) is 1.86. The average Bonchev–Trinajstić information content (AvgIpc) is 3.34. The van der Waals surface area contributed by atoms with Crippen LogP contribution in [-0.2, 0) is 6.61 Å². The van der Waals surface area contributed by atoms with Gasteiger partial charge in [0.15, 0.2) is 0 Å². The van der Waals surface area contributed by atoms with Crippen LogP contribution < -0.4 is 10.1 Å². The van der Waals surface area contributed by atoms with Gasteiger partial charge in [0, 0.05) is 32.0 Å². The van der Waals surface area contributed by atoms with Crippen molar-refractivity contribution in [2.45, 2.75) is 26.0 Å². The summed E-state index contributed by atoms with van der Waals surface area (Å²) in [6.07, 6.45) is 4.98. The number of aromatic nitrogens is 2. The number of carbonyl (C=O) groups is 1. The van der Waals surface area contributed by atoms with Crippen molar-refractivity contribution < 1.29 is 9.53 Å². The van der Waals surface area contributed by atoms with E-state index in [0.29, 0.717) is 17.9 Å². The Morgan fingerprint density at radius 3 is 2.79 bits per heavy atom. The van der Waals surface area contributed by atoms with Crippen LogP contribution in [0.25, 0.3) is 5.65 Å². The molecule has 1 unspecified atom stereocenters. The Morgan fingerprint density at radius 2 is 2.03 bits per heavy atom. The molecule has 0 saturated carbocycles. The Balaban J connectivity index is 0.00000150.